The number of hydrogen-bond donors (Lipinski definition) is 2. The molecule has 116 valence electrons. The fourth-order valence-corrected chi connectivity index (χ4v) is 2.56. The quantitative estimate of drug-likeness (QED) is 0.405. The molecule has 3 atom stereocenters. The number of hydrogen-bond acceptors (Lipinski definition) is 4. The highest BCUT2D eigenvalue weighted by Gasteiger charge is 2.35. The van der Waals surface area contributed by atoms with Gasteiger partial charge < -0.3 is 15.0 Å². The zero-order valence-electron chi connectivity index (χ0n) is 12.2. The van der Waals surface area contributed by atoms with Gasteiger partial charge in [-0.2, -0.15) is 0 Å². The molecule has 1 saturated carbocycles. The van der Waals surface area contributed by atoms with Crippen LogP contribution in [0, 0.1) is 11.8 Å². The number of ketones is 2. The van der Waals surface area contributed by atoms with Gasteiger partial charge in [0.25, 0.3) is 0 Å². The van der Waals surface area contributed by atoms with E-state index in [2.05, 4.69) is 0 Å². The molecule has 21 heavy (non-hydrogen) atoms. The van der Waals surface area contributed by atoms with Crippen LogP contribution in [0.5, 0.6) is 0 Å². The van der Waals surface area contributed by atoms with E-state index in [-0.39, 0.29) is 29.8 Å². The molecule has 0 aromatic rings. The molecule has 5 nitrogen and oxygen atoms in total. The maximum Gasteiger partial charge on any atom is 0.328 e. The van der Waals surface area contributed by atoms with E-state index in [9.17, 15) is 19.5 Å². The van der Waals surface area contributed by atoms with E-state index in [0.717, 1.165) is 18.9 Å². The van der Waals surface area contributed by atoms with Crippen LogP contribution in [0.15, 0.2) is 24.3 Å². The first-order chi connectivity index (χ1) is 9.90. The molecule has 0 radical (unpaired) electrons. The lowest BCUT2D eigenvalue weighted by atomic mass is 9.90. The molecule has 0 aliphatic heterocycles. The molecular weight excluding hydrogens is 272 g/mol. The highest BCUT2D eigenvalue weighted by molar-refractivity contribution is 5.82. The monoisotopic (exact) mass is 294 g/mol. The maximum atomic E-state index is 11.6. The molecular formula is C16H22O5. The van der Waals surface area contributed by atoms with Crippen LogP contribution >= 0.6 is 0 Å². The van der Waals surface area contributed by atoms with E-state index in [0.29, 0.717) is 12.8 Å². The van der Waals surface area contributed by atoms with Gasteiger partial charge in [0, 0.05) is 31.3 Å². The highest BCUT2D eigenvalue weighted by Crippen LogP contribution is 2.33. The van der Waals surface area contributed by atoms with Crippen LogP contribution in [0.4, 0.5) is 0 Å². The lowest BCUT2D eigenvalue weighted by molar-refractivity contribution is -0.131. The minimum atomic E-state index is -1.12. The van der Waals surface area contributed by atoms with Crippen molar-refractivity contribution in [3.05, 3.63) is 24.3 Å². The number of carboxylic acid groups (broad SMARTS) is 1. The summed E-state index contributed by atoms with van der Waals surface area (Å²) >= 11 is 0. The number of carbonyl (C=O) groups is 3. The second-order valence-electron chi connectivity index (χ2n) is 5.48. The van der Waals surface area contributed by atoms with E-state index < -0.39 is 12.1 Å². The van der Waals surface area contributed by atoms with E-state index in [4.69, 9.17) is 5.11 Å². The molecule has 1 aliphatic rings. The van der Waals surface area contributed by atoms with E-state index in [1.807, 2.05) is 12.2 Å². The van der Waals surface area contributed by atoms with Crippen molar-refractivity contribution < 1.29 is 24.6 Å². The number of aliphatic carboxylic acids is 1. The Morgan fingerprint density at radius 3 is 2.71 bits per heavy atom. The van der Waals surface area contributed by atoms with Crippen LogP contribution in [0.2, 0.25) is 0 Å². The summed E-state index contributed by atoms with van der Waals surface area (Å²) in [6.45, 7) is 1.56. The van der Waals surface area contributed by atoms with Crippen LogP contribution < -0.4 is 0 Å². The van der Waals surface area contributed by atoms with Gasteiger partial charge in [0.05, 0.1) is 6.10 Å². The minimum Gasteiger partial charge on any atom is -0.478 e. The summed E-state index contributed by atoms with van der Waals surface area (Å²) in [6, 6.07) is 0. The van der Waals surface area contributed by atoms with E-state index >= 15 is 0 Å². The third-order valence-electron chi connectivity index (χ3n) is 3.63. The molecule has 1 rings (SSSR count). The Morgan fingerprint density at radius 2 is 2.10 bits per heavy atom. The van der Waals surface area contributed by atoms with Gasteiger partial charge in [0.15, 0.2) is 0 Å². The average Bonchev–Trinajstić information content (AvgIpc) is 2.76. The normalized spacial score (nSPS) is 24.0. The zero-order valence-corrected chi connectivity index (χ0v) is 12.2. The molecule has 0 unspecified atom stereocenters. The number of rotatable bonds is 8. The van der Waals surface area contributed by atoms with Gasteiger partial charge in [-0.25, -0.2) is 4.79 Å². The SMILES string of the molecule is CC(=O)CCC/C=C/[C@H]1CC(=O)C[C@@H]1[C@@H](O)/C=C/C(=O)O. The van der Waals surface area contributed by atoms with Gasteiger partial charge in [-0.3, -0.25) is 4.79 Å². The number of aliphatic hydroxyl groups excluding tert-OH is 1. The molecule has 0 spiro atoms. The first-order valence-electron chi connectivity index (χ1n) is 7.17. The topological polar surface area (TPSA) is 91.7 Å². The molecule has 1 fully saturated rings. The Balaban J connectivity index is 2.54. The van der Waals surface area contributed by atoms with Crippen molar-refractivity contribution in [1.29, 1.82) is 0 Å². The summed E-state index contributed by atoms with van der Waals surface area (Å²) in [5.41, 5.74) is 0. The molecule has 0 aromatic heterocycles. The fraction of sp³-hybridized carbons (Fsp3) is 0.562. The number of allylic oxidation sites excluding steroid dienone is 2. The van der Waals surface area contributed by atoms with Gasteiger partial charge in [-0.1, -0.05) is 12.2 Å². The van der Waals surface area contributed by atoms with Gasteiger partial charge in [0.2, 0.25) is 0 Å². The van der Waals surface area contributed by atoms with Gasteiger partial charge in [-0.15, -0.1) is 0 Å². The summed E-state index contributed by atoms with van der Waals surface area (Å²) in [6.07, 6.45) is 7.78. The predicted molar refractivity (Wildman–Crippen MR) is 77.7 cm³/mol. The predicted octanol–water partition coefficient (Wildman–Crippen LogP) is 1.90. The zero-order chi connectivity index (χ0) is 15.8. The van der Waals surface area contributed by atoms with Gasteiger partial charge in [0.1, 0.15) is 11.6 Å². The smallest absolute Gasteiger partial charge is 0.328 e. The van der Waals surface area contributed by atoms with Gasteiger partial charge >= 0.3 is 5.97 Å². The molecule has 1 aliphatic carbocycles. The van der Waals surface area contributed by atoms with Crippen molar-refractivity contribution >= 4 is 17.5 Å². The molecule has 2 N–H and O–H groups in total. The summed E-state index contributed by atoms with van der Waals surface area (Å²) in [5, 5.41) is 18.5. The van der Waals surface area contributed by atoms with Crippen molar-refractivity contribution in [3.8, 4) is 0 Å². The third-order valence-corrected chi connectivity index (χ3v) is 3.63. The summed E-state index contributed by atoms with van der Waals surface area (Å²) in [7, 11) is 0. The van der Waals surface area contributed by atoms with Crippen molar-refractivity contribution in [2.75, 3.05) is 0 Å². The number of unbranched alkanes of at least 4 members (excludes halogenated alkanes) is 1. The first kappa shape index (κ1) is 17.3. The van der Waals surface area contributed by atoms with Crippen molar-refractivity contribution in [2.24, 2.45) is 11.8 Å². The number of aliphatic hydroxyl groups is 1. The second kappa shape index (κ2) is 8.52. The fourth-order valence-electron chi connectivity index (χ4n) is 2.56. The van der Waals surface area contributed by atoms with Crippen LogP contribution in [-0.2, 0) is 14.4 Å². The lowest BCUT2D eigenvalue weighted by Crippen LogP contribution is -2.21. The van der Waals surface area contributed by atoms with E-state index in [1.54, 1.807) is 6.92 Å². The second-order valence-corrected chi connectivity index (χ2v) is 5.48. The Hall–Kier alpha value is -1.75. The van der Waals surface area contributed by atoms with Crippen molar-refractivity contribution in [1.82, 2.24) is 0 Å². The number of carbonyl (C=O) groups excluding carboxylic acids is 2. The number of carboxylic acids is 1. The first-order valence-corrected chi connectivity index (χ1v) is 7.17. The van der Waals surface area contributed by atoms with Crippen LogP contribution in [0.3, 0.4) is 0 Å². The summed E-state index contributed by atoms with van der Waals surface area (Å²) in [4.78, 5) is 32.8. The average molecular weight is 294 g/mol. The number of Topliss-reactive ketones (excluding diaryl/α,β-unsaturated/α-hetero) is 2. The Labute approximate surface area is 124 Å². The largest absolute Gasteiger partial charge is 0.478 e. The molecule has 5 heteroatoms. The molecule has 0 aromatic carbocycles. The van der Waals surface area contributed by atoms with Crippen molar-refractivity contribution in [2.45, 2.75) is 45.1 Å². The maximum absolute atomic E-state index is 11.6. The molecule has 0 amide bonds. The summed E-state index contributed by atoms with van der Waals surface area (Å²) in [5.74, 6) is -1.21. The molecule has 0 saturated heterocycles. The van der Waals surface area contributed by atoms with Crippen LogP contribution in [0.25, 0.3) is 0 Å². The van der Waals surface area contributed by atoms with Crippen LogP contribution in [-0.4, -0.2) is 33.9 Å². The van der Waals surface area contributed by atoms with Crippen molar-refractivity contribution in [3.63, 3.8) is 0 Å². The Kier molecular flexibility index (Phi) is 7.02. The minimum absolute atomic E-state index is 0.0664. The molecule has 0 bridgehead atoms. The standard InChI is InChI=1S/C16H22O5/c1-11(17)5-3-2-4-6-12-9-13(18)10-14(12)15(19)7-8-16(20)21/h4,6-8,12,14-15,19H,2-3,5,9-10H2,1H3,(H,20,21)/b6-4+,8-7+/t12-,14-,15-/m0/s1. The molecule has 0 heterocycles. The third kappa shape index (κ3) is 6.49. The summed E-state index contributed by atoms with van der Waals surface area (Å²) < 4.78 is 0. The highest BCUT2D eigenvalue weighted by atomic mass is 16.4. The van der Waals surface area contributed by atoms with Gasteiger partial charge in [-0.05, 0) is 31.8 Å². The Bertz CT molecular complexity index is 450. The van der Waals surface area contributed by atoms with E-state index in [1.165, 1.54) is 6.08 Å². The lowest BCUT2D eigenvalue weighted by Gasteiger charge is -2.19. The van der Waals surface area contributed by atoms with Crippen LogP contribution in [0.1, 0.15) is 39.0 Å². The Morgan fingerprint density at radius 1 is 1.38 bits per heavy atom.